The normalized spacial score (nSPS) is 13.5. The van der Waals surface area contributed by atoms with E-state index in [9.17, 15) is 14.4 Å². The average Bonchev–Trinajstić information content (AvgIpc) is 2.89. The van der Waals surface area contributed by atoms with Crippen LogP contribution in [0.4, 0.5) is 9.80 Å². The summed E-state index contributed by atoms with van der Waals surface area (Å²) >= 11 is 1.30. The van der Waals surface area contributed by atoms with Crippen LogP contribution in [0.2, 0.25) is 0 Å². The Morgan fingerprint density at radius 2 is 1.91 bits per heavy atom. The third kappa shape index (κ3) is 3.47. The molecule has 1 aromatic heterocycles. The zero-order chi connectivity index (χ0) is 17.1. The highest BCUT2D eigenvalue weighted by atomic mass is 32.1. The first kappa shape index (κ1) is 17.3. The molecule has 2 heterocycles. The Bertz CT molecular complexity index is 638. The lowest BCUT2D eigenvalue weighted by Gasteiger charge is -2.25. The van der Waals surface area contributed by atoms with E-state index >= 15 is 0 Å². The summed E-state index contributed by atoms with van der Waals surface area (Å²) in [4.78, 5) is 38.2. The van der Waals surface area contributed by atoms with Crippen LogP contribution in [0.25, 0.3) is 0 Å². The van der Waals surface area contributed by atoms with Gasteiger partial charge in [0.1, 0.15) is 5.00 Å². The van der Waals surface area contributed by atoms with Gasteiger partial charge in [-0.05, 0) is 12.0 Å². The summed E-state index contributed by atoms with van der Waals surface area (Å²) in [5, 5.41) is 3.26. The Morgan fingerprint density at radius 1 is 1.22 bits per heavy atom. The van der Waals surface area contributed by atoms with Crippen LogP contribution < -0.4 is 5.32 Å². The standard InChI is InChI=1S/C15H20N2O5S/c1-8(2)12(18)16-13-11(14(19)21-3)9-5-6-17(15(20)22-4)7-10(9)23-13/h8H,5-7H2,1-4H3,(H,16,18). The maximum absolute atomic E-state index is 12.1. The molecule has 1 N–H and O–H groups in total. The maximum Gasteiger partial charge on any atom is 0.409 e. The molecule has 0 bridgehead atoms. The number of amides is 2. The maximum atomic E-state index is 12.1. The number of carbonyl (C=O) groups is 3. The van der Waals surface area contributed by atoms with Gasteiger partial charge in [0.15, 0.2) is 0 Å². The fourth-order valence-corrected chi connectivity index (χ4v) is 3.61. The lowest BCUT2D eigenvalue weighted by atomic mass is 10.0. The molecule has 0 saturated carbocycles. The fourth-order valence-electron chi connectivity index (χ4n) is 2.35. The van der Waals surface area contributed by atoms with E-state index in [4.69, 9.17) is 9.47 Å². The molecule has 23 heavy (non-hydrogen) atoms. The summed E-state index contributed by atoms with van der Waals surface area (Å²) in [6, 6.07) is 0. The Labute approximate surface area is 138 Å². The van der Waals surface area contributed by atoms with Crippen molar-refractivity contribution < 1.29 is 23.9 Å². The first-order chi connectivity index (χ1) is 10.9. The van der Waals surface area contributed by atoms with Crippen LogP contribution in [0.5, 0.6) is 0 Å². The Morgan fingerprint density at radius 3 is 2.48 bits per heavy atom. The largest absolute Gasteiger partial charge is 0.465 e. The van der Waals surface area contributed by atoms with Gasteiger partial charge in [0.05, 0.1) is 26.3 Å². The van der Waals surface area contributed by atoms with E-state index in [-0.39, 0.29) is 11.8 Å². The summed E-state index contributed by atoms with van der Waals surface area (Å²) in [6.45, 7) is 4.37. The predicted octanol–water partition coefficient (Wildman–Crippen LogP) is 2.25. The highest BCUT2D eigenvalue weighted by Crippen LogP contribution is 2.37. The van der Waals surface area contributed by atoms with Gasteiger partial charge in [0, 0.05) is 17.3 Å². The molecule has 0 atom stereocenters. The molecule has 1 aliphatic heterocycles. The smallest absolute Gasteiger partial charge is 0.409 e. The summed E-state index contributed by atoms with van der Waals surface area (Å²) < 4.78 is 9.59. The monoisotopic (exact) mass is 340 g/mol. The van der Waals surface area contributed by atoms with Crippen molar-refractivity contribution in [2.45, 2.75) is 26.8 Å². The van der Waals surface area contributed by atoms with Crippen molar-refractivity contribution in [1.82, 2.24) is 4.90 Å². The number of hydrogen-bond donors (Lipinski definition) is 1. The average molecular weight is 340 g/mol. The molecule has 0 fully saturated rings. The number of thiophene rings is 1. The molecule has 1 aromatic rings. The van der Waals surface area contributed by atoms with Gasteiger partial charge in [-0.2, -0.15) is 0 Å². The van der Waals surface area contributed by atoms with Crippen molar-refractivity contribution in [3.8, 4) is 0 Å². The lowest BCUT2D eigenvalue weighted by molar-refractivity contribution is -0.118. The van der Waals surface area contributed by atoms with Gasteiger partial charge in [0.2, 0.25) is 5.91 Å². The number of methoxy groups -OCH3 is 2. The summed E-state index contributed by atoms with van der Waals surface area (Å²) in [7, 11) is 2.64. The minimum atomic E-state index is -0.479. The number of esters is 1. The van der Waals surface area contributed by atoms with Gasteiger partial charge in [-0.3, -0.25) is 4.79 Å². The summed E-state index contributed by atoms with van der Waals surface area (Å²) in [6.07, 6.45) is 0.111. The van der Waals surface area contributed by atoms with Gasteiger partial charge >= 0.3 is 12.1 Å². The first-order valence-electron chi connectivity index (χ1n) is 7.25. The molecule has 0 aliphatic carbocycles. The number of fused-ring (bicyclic) bond motifs is 1. The Balaban J connectivity index is 2.37. The van der Waals surface area contributed by atoms with E-state index in [0.29, 0.717) is 30.1 Å². The molecule has 0 saturated heterocycles. The second-order valence-corrected chi connectivity index (χ2v) is 6.59. The highest BCUT2D eigenvalue weighted by molar-refractivity contribution is 7.17. The number of carbonyl (C=O) groups excluding carboxylic acids is 3. The van der Waals surface area contributed by atoms with Crippen molar-refractivity contribution >= 4 is 34.3 Å². The van der Waals surface area contributed by atoms with Gasteiger partial charge in [-0.25, -0.2) is 9.59 Å². The van der Waals surface area contributed by atoms with Crippen molar-refractivity contribution in [2.75, 3.05) is 26.1 Å². The number of anilines is 1. The molecular formula is C15H20N2O5S. The van der Waals surface area contributed by atoms with Crippen molar-refractivity contribution in [2.24, 2.45) is 5.92 Å². The van der Waals surface area contributed by atoms with Crippen LogP contribution in [-0.2, 0) is 27.2 Å². The second-order valence-electron chi connectivity index (χ2n) is 5.49. The lowest BCUT2D eigenvalue weighted by Crippen LogP contribution is -2.35. The van der Waals surface area contributed by atoms with Gasteiger partial charge < -0.3 is 19.7 Å². The molecule has 2 rings (SSSR count). The number of nitrogens with zero attached hydrogens (tertiary/aromatic N) is 1. The third-order valence-corrected chi connectivity index (χ3v) is 4.77. The summed E-state index contributed by atoms with van der Waals surface area (Å²) in [5.74, 6) is -0.849. The van der Waals surface area contributed by atoms with Gasteiger partial charge in [-0.15, -0.1) is 11.3 Å². The van der Waals surface area contributed by atoms with Crippen LogP contribution >= 0.6 is 11.3 Å². The van der Waals surface area contributed by atoms with Crippen molar-refractivity contribution in [3.63, 3.8) is 0 Å². The molecule has 0 spiro atoms. The number of nitrogens with one attached hydrogen (secondary N) is 1. The molecule has 126 valence electrons. The van der Waals surface area contributed by atoms with E-state index in [1.165, 1.54) is 25.6 Å². The number of ether oxygens (including phenoxy) is 2. The zero-order valence-corrected chi connectivity index (χ0v) is 14.4. The van der Waals surface area contributed by atoms with Crippen LogP contribution in [-0.4, -0.2) is 43.6 Å². The van der Waals surface area contributed by atoms with Crippen LogP contribution in [0.15, 0.2) is 0 Å². The molecule has 0 aromatic carbocycles. The topological polar surface area (TPSA) is 84.9 Å². The SMILES string of the molecule is COC(=O)c1c(NC(=O)C(C)C)sc2c1CCN(C(=O)OC)C2. The van der Waals surface area contributed by atoms with Gasteiger partial charge in [0.25, 0.3) is 0 Å². The molecule has 2 amide bonds. The zero-order valence-electron chi connectivity index (χ0n) is 13.6. The van der Waals surface area contributed by atoms with E-state index in [1.807, 2.05) is 0 Å². The first-order valence-corrected chi connectivity index (χ1v) is 8.07. The van der Waals surface area contributed by atoms with Crippen molar-refractivity contribution in [1.29, 1.82) is 0 Å². The predicted molar refractivity (Wildman–Crippen MR) is 85.6 cm³/mol. The third-order valence-electron chi connectivity index (χ3n) is 3.64. The summed E-state index contributed by atoms with van der Waals surface area (Å²) in [5.41, 5.74) is 1.23. The number of rotatable bonds is 3. The van der Waals surface area contributed by atoms with E-state index in [2.05, 4.69) is 5.32 Å². The molecular weight excluding hydrogens is 320 g/mol. The fraction of sp³-hybridized carbons (Fsp3) is 0.533. The molecule has 7 nitrogen and oxygen atoms in total. The van der Waals surface area contributed by atoms with E-state index < -0.39 is 12.1 Å². The van der Waals surface area contributed by atoms with Crippen LogP contribution in [0.3, 0.4) is 0 Å². The van der Waals surface area contributed by atoms with E-state index in [0.717, 1.165) is 10.4 Å². The Hall–Kier alpha value is -2.09. The molecule has 1 aliphatic rings. The highest BCUT2D eigenvalue weighted by Gasteiger charge is 2.31. The molecule has 0 unspecified atom stereocenters. The van der Waals surface area contributed by atoms with Crippen molar-refractivity contribution in [3.05, 3.63) is 16.0 Å². The van der Waals surface area contributed by atoms with Crippen LogP contribution in [0.1, 0.15) is 34.6 Å². The van der Waals surface area contributed by atoms with Gasteiger partial charge in [-0.1, -0.05) is 13.8 Å². The minimum Gasteiger partial charge on any atom is -0.465 e. The van der Waals surface area contributed by atoms with E-state index in [1.54, 1.807) is 18.7 Å². The quantitative estimate of drug-likeness (QED) is 0.853. The second kappa shape index (κ2) is 6.99. The minimum absolute atomic E-state index is 0.168. The molecule has 8 heteroatoms. The molecule has 0 radical (unpaired) electrons. The number of hydrogen-bond acceptors (Lipinski definition) is 6. The van der Waals surface area contributed by atoms with Crippen LogP contribution in [0, 0.1) is 5.92 Å². The Kier molecular flexibility index (Phi) is 5.25.